The van der Waals surface area contributed by atoms with Gasteiger partial charge in [-0.25, -0.2) is 0 Å². The molecule has 1 atom stereocenters. The third kappa shape index (κ3) is 2.81. The summed E-state index contributed by atoms with van der Waals surface area (Å²) < 4.78 is 14.7. The standard InChI is InChI=1S/C11H19N3O2S/c1-7(8-3-5-16-6-4-8)13-11-9(15-2)10(12)14-17-11/h7-8,13H,3-6H2,1-2H3,(H2,12,14). The van der Waals surface area contributed by atoms with E-state index < -0.39 is 0 Å². The van der Waals surface area contributed by atoms with Gasteiger partial charge in [0.05, 0.1) is 7.11 Å². The molecule has 0 aromatic carbocycles. The molecule has 2 rings (SSSR count). The maximum absolute atomic E-state index is 5.72. The van der Waals surface area contributed by atoms with E-state index >= 15 is 0 Å². The molecule has 1 aliphatic rings. The minimum absolute atomic E-state index is 0.382. The summed E-state index contributed by atoms with van der Waals surface area (Å²) in [7, 11) is 1.62. The predicted octanol–water partition coefficient (Wildman–Crippen LogP) is 1.96. The summed E-state index contributed by atoms with van der Waals surface area (Å²) >= 11 is 1.35. The number of nitrogens with zero attached hydrogens (tertiary/aromatic N) is 1. The van der Waals surface area contributed by atoms with Crippen molar-refractivity contribution in [3.63, 3.8) is 0 Å². The lowest BCUT2D eigenvalue weighted by atomic mass is 9.93. The first kappa shape index (κ1) is 12.4. The zero-order chi connectivity index (χ0) is 12.3. The fourth-order valence-corrected chi connectivity index (χ4v) is 2.91. The lowest BCUT2D eigenvalue weighted by Crippen LogP contribution is -2.30. The average Bonchev–Trinajstić information content (AvgIpc) is 2.71. The number of rotatable bonds is 4. The Morgan fingerprint density at radius 2 is 2.24 bits per heavy atom. The smallest absolute Gasteiger partial charge is 0.197 e. The van der Waals surface area contributed by atoms with E-state index in [-0.39, 0.29) is 0 Å². The summed E-state index contributed by atoms with van der Waals surface area (Å²) in [4.78, 5) is 0. The molecule has 3 N–H and O–H groups in total. The van der Waals surface area contributed by atoms with Crippen molar-refractivity contribution < 1.29 is 9.47 Å². The topological polar surface area (TPSA) is 69.4 Å². The summed E-state index contributed by atoms with van der Waals surface area (Å²) in [5, 5.41) is 4.37. The van der Waals surface area contributed by atoms with Crippen LogP contribution in [-0.4, -0.2) is 30.7 Å². The van der Waals surface area contributed by atoms with Gasteiger partial charge in [0.1, 0.15) is 0 Å². The van der Waals surface area contributed by atoms with Gasteiger partial charge in [-0.1, -0.05) is 0 Å². The van der Waals surface area contributed by atoms with Crippen LogP contribution in [0.25, 0.3) is 0 Å². The Labute approximate surface area is 105 Å². The molecule has 17 heavy (non-hydrogen) atoms. The fraction of sp³-hybridized carbons (Fsp3) is 0.727. The second-order valence-electron chi connectivity index (χ2n) is 4.31. The third-order valence-electron chi connectivity index (χ3n) is 3.21. The second kappa shape index (κ2) is 5.55. The Balaban J connectivity index is 1.99. The van der Waals surface area contributed by atoms with Crippen molar-refractivity contribution >= 4 is 22.4 Å². The van der Waals surface area contributed by atoms with E-state index in [1.165, 1.54) is 11.5 Å². The van der Waals surface area contributed by atoms with Gasteiger partial charge in [0.25, 0.3) is 0 Å². The largest absolute Gasteiger partial charge is 0.490 e. The number of methoxy groups -OCH3 is 1. The summed E-state index contributed by atoms with van der Waals surface area (Å²) in [5.74, 6) is 1.75. The van der Waals surface area contributed by atoms with E-state index in [1.54, 1.807) is 7.11 Å². The molecule has 0 radical (unpaired) electrons. The van der Waals surface area contributed by atoms with Gasteiger partial charge in [-0.2, -0.15) is 4.37 Å². The molecule has 1 aliphatic heterocycles. The summed E-state index contributed by atoms with van der Waals surface area (Å²) in [6.07, 6.45) is 2.20. The van der Waals surface area contributed by atoms with Crippen LogP contribution in [0.5, 0.6) is 5.75 Å². The first-order valence-corrected chi connectivity index (χ1v) is 6.63. The lowest BCUT2D eigenvalue weighted by molar-refractivity contribution is 0.0622. The van der Waals surface area contributed by atoms with Crippen molar-refractivity contribution in [1.29, 1.82) is 0 Å². The number of anilines is 2. The van der Waals surface area contributed by atoms with Gasteiger partial charge in [0.2, 0.25) is 0 Å². The van der Waals surface area contributed by atoms with Crippen LogP contribution in [0, 0.1) is 5.92 Å². The molecule has 0 aliphatic carbocycles. The zero-order valence-electron chi connectivity index (χ0n) is 10.2. The van der Waals surface area contributed by atoms with Gasteiger partial charge in [-0.05, 0) is 37.2 Å². The normalized spacial score (nSPS) is 18.9. The van der Waals surface area contributed by atoms with Crippen LogP contribution in [0.3, 0.4) is 0 Å². The van der Waals surface area contributed by atoms with Crippen molar-refractivity contribution in [3.05, 3.63) is 0 Å². The van der Waals surface area contributed by atoms with E-state index in [2.05, 4.69) is 16.6 Å². The van der Waals surface area contributed by atoms with E-state index in [4.69, 9.17) is 15.2 Å². The quantitative estimate of drug-likeness (QED) is 0.863. The molecule has 1 unspecified atom stereocenters. The number of hydrogen-bond donors (Lipinski definition) is 2. The fourth-order valence-electron chi connectivity index (χ4n) is 2.12. The second-order valence-corrected chi connectivity index (χ2v) is 5.09. The van der Waals surface area contributed by atoms with Gasteiger partial charge < -0.3 is 20.5 Å². The highest BCUT2D eigenvalue weighted by Gasteiger charge is 2.22. The minimum Gasteiger partial charge on any atom is -0.490 e. The van der Waals surface area contributed by atoms with Gasteiger partial charge >= 0.3 is 0 Å². The average molecular weight is 257 g/mol. The number of ether oxygens (including phenoxy) is 2. The van der Waals surface area contributed by atoms with Crippen molar-refractivity contribution in [3.8, 4) is 5.75 Å². The Morgan fingerprint density at radius 3 is 2.88 bits per heavy atom. The number of aromatic nitrogens is 1. The predicted molar refractivity (Wildman–Crippen MR) is 69.7 cm³/mol. The highest BCUT2D eigenvalue weighted by atomic mass is 32.1. The number of nitrogen functional groups attached to an aromatic ring is 1. The van der Waals surface area contributed by atoms with Gasteiger partial charge in [0, 0.05) is 19.3 Å². The van der Waals surface area contributed by atoms with Crippen LogP contribution in [0.15, 0.2) is 0 Å². The molecule has 0 spiro atoms. The first-order chi connectivity index (χ1) is 8.22. The van der Waals surface area contributed by atoms with Gasteiger partial charge in [-0.3, -0.25) is 0 Å². The molecule has 1 aromatic rings. The molecule has 0 saturated carbocycles. The summed E-state index contributed by atoms with van der Waals surface area (Å²) in [5.41, 5.74) is 5.72. The maximum atomic E-state index is 5.72. The number of hydrogen-bond acceptors (Lipinski definition) is 6. The molecule has 1 saturated heterocycles. The monoisotopic (exact) mass is 257 g/mol. The van der Waals surface area contributed by atoms with Crippen molar-refractivity contribution in [2.75, 3.05) is 31.4 Å². The van der Waals surface area contributed by atoms with Crippen LogP contribution in [-0.2, 0) is 4.74 Å². The van der Waals surface area contributed by atoms with E-state index in [0.717, 1.165) is 31.1 Å². The van der Waals surface area contributed by atoms with Gasteiger partial charge in [-0.15, -0.1) is 0 Å². The maximum Gasteiger partial charge on any atom is 0.197 e. The SMILES string of the molecule is COc1c(N)nsc1NC(C)C1CCOCC1. The molecule has 6 heteroatoms. The van der Waals surface area contributed by atoms with E-state index in [0.29, 0.717) is 23.5 Å². The van der Waals surface area contributed by atoms with E-state index in [9.17, 15) is 0 Å². The van der Waals surface area contributed by atoms with Crippen molar-refractivity contribution in [1.82, 2.24) is 4.37 Å². The first-order valence-electron chi connectivity index (χ1n) is 5.85. The van der Waals surface area contributed by atoms with Crippen molar-refractivity contribution in [2.45, 2.75) is 25.8 Å². The Kier molecular flexibility index (Phi) is 4.06. The van der Waals surface area contributed by atoms with Gasteiger partial charge in [0.15, 0.2) is 16.6 Å². The zero-order valence-corrected chi connectivity index (χ0v) is 11.0. The molecule has 0 amide bonds. The molecule has 1 aromatic heterocycles. The van der Waals surface area contributed by atoms with Crippen LogP contribution < -0.4 is 15.8 Å². The lowest BCUT2D eigenvalue weighted by Gasteiger charge is -2.28. The Morgan fingerprint density at radius 1 is 1.53 bits per heavy atom. The Bertz CT molecular complexity index is 364. The Hall–Kier alpha value is -1.01. The molecule has 5 nitrogen and oxygen atoms in total. The molecular weight excluding hydrogens is 238 g/mol. The third-order valence-corrected chi connectivity index (χ3v) is 3.98. The highest BCUT2D eigenvalue weighted by molar-refractivity contribution is 7.11. The molecule has 96 valence electrons. The number of nitrogens with one attached hydrogen (secondary N) is 1. The van der Waals surface area contributed by atoms with Crippen molar-refractivity contribution in [2.24, 2.45) is 5.92 Å². The van der Waals surface area contributed by atoms with Crippen LogP contribution in [0.1, 0.15) is 19.8 Å². The number of nitrogens with two attached hydrogens (primary N) is 1. The summed E-state index contributed by atoms with van der Waals surface area (Å²) in [6, 6.07) is 0.382. The molecular formula is C11H19N3O2S. The van der Waals surface area contributed by atoms with E-state index in [1.807, 2.05) is 0 Å². The summed E-state index contributed by atoms with van der Waals surface area (Å²) in [6.45, 7) is 3.91. The van der Waals surface area contributed by atoms with Crippen LogP contribution in [0.2, 0.25) is 0 Å². The highest BCUT2D eigenvalue weighted by Crippen LogP contribution is 2.36. The molecule has 2 heterocycles. The van der Waals surface area contributed by atoms with Crippen LogP contribution in [0.4, 0.5) is 10.8 Å². The van der Waals surface area contributed by atoms with Crippen LogP contribution >= 0.6 is 11.5 Å². The molecule has 1 fully saturated rings. The molecule has 0 bridgehead atoms. The minimum atomic E-state index is 0.382.